The number of aliphatic carboxylic acids is 1. The van der Waals surface area contributed by atoms with E-state index in [2.05, 4.69) is 4.98 Å². The Labute approximate surface area is 200 Å². The second-order valence-corrected chi connectivity index (χ2v) is 10.5. The van der Waals surface area contributed by atoms with Crippen LogP contribution in [-0.4, -0.2) is 47.9 Å². The van der Waals surface area contributed by atoms with E-state index in [1.54, 1.807) is 42.8 Å². The molecule has 0 saturated heterocycles. The summed E-state index contributed by atoms with van der Waals surface area (Å²) in [6.45, 7) is 0. The van der Waals surface area contributed by atoms with Crippen molar-refractivity contribution in [2.45, 2.75) is 26.3 Å². The van der Waals surface area contributed by atoms with Crippen molar-refractivity contribution in [1.29, 1.82) is 5.41 Å². The minimum atomic E-state index is -5.08. The van der Waals surface area contributed by atoms with Crippen LogP contribution in [0, 0.1) is 5.41 Å². The fourth-order valence-corrected chi connectivity index (χ4v) is 6.42. The Hall–Kier alpha value is -2.94. The lowest BCUT2D eigenvalue weighted by Gasteiger charge is -2.12. The first-order chi connectivity index (χ1) is 15.8. The fourth-order valence-electron chi connectivity index (χ4n) is 2.51. The van der Waals surface area contributed by atoms with Crippen LogP contribution in [-0.2, 0) is 14.6 Å². The number of amidine groups is 1. The van der Waals surface area contributed by atoms with Crippen molar-refractivity contribution < 1.29 is 36.6 Å². The molecule has 0 spiro atoms. The molecule has 34 heavy (non-hydrogen) atoms. The number of thioether (sulfide) groups is 1. The van der Waals surface area contributed by atoms with Crippen molar-refractivity contribution in [2.24, 2.45) is 5.73 Å². The van der Waals surface area contributed by atoms with Crippen LogP contribution in [0.5, 0.6) is 0 Å². The zero-order valence-electron chi connectivity index (χ0n) is 17.3. The number of carboxylic acid groups (broad SMARTS) is 1. The topological polar surface area (TPSA) is 154 Å². The second kappa shape index (κ2) is 11.0. The smallest absolute Gasteiger partial charge is 0.475 e. The van der Waals surface area contributed by atoms with Gasteiger partial charge in [-0.25, -0.2) is 13.2 Å². The molecule has 0 aliphatic heterocycles. The van der Waals surface area contributed by atoms with E-state index in [1.165, 1.54) is 41.3 Å². The molecular weight excluding hydrogens is 515 g/mol. The van der Waals surface area contributed by atoms with Crippen molar-refractivity contribution in [3.05, 3.63) is 70.9 Å². The number of thiophene rings is 1. The van der Waals surface area contributed by atoms with Crippen molar-refractivity contribution >= 4 is 44.7 Å². The van der Waals surface area contributed by atoms with Crippen LogP contribution >= 0.6 is 23.1 Å². The SMILES string of the molecule is CSc1sc(C(=N)N)cc1S(=O)(=O)c1cccc(C(O)c2ccccn2)c1.O=C(O)C(F)(F)F. The first kappa shape index (κ1) is 27.3. The Balaban J connectivity index is 0.000000509. The molecule has 0 aliphatic rings. The van der Waals surface area contributed by atoms with E-state index >= 15 is 0 Å². The van der Waals surface area contributed by atoms with E-state index < -0.39 is 28.1 Å². The van der Waals surface area contributed by atoms with Gasteiger partial charge >= 0.3 is 12.1 Å². The number of aliphatic hydroxyl groups excluding tert-OH is 1. The molecule has 0 bridgehead atoms. The van der Waals surface area contributed by atoms with Gasteiger partial charge in [0.15, 0.2) is 0 Å². The molecule has 2 heterocycles. The molecule has 0 radical (unpaired) electrons. The van der Waals surface area contributed by atoms with Gasteiger partial charge in [-0.3, -0.25) is 10.4 Å². The highest BCUT2D eigenvalue weighted by molar-refractivity contribution is 8.01. The maximum atomic E-state index is 13.1. The van der Waals surface area contributed by atoms with Gasteiger partial charge in [-0.1, -0.05) is 18.2 Å². The molecule has 8 nitrogen and oxygen atoms in total. The zero-order valence-corrected chi connectivity index (χ0v) is 19.7. The van der Waals surface area contributed by atoms with Crippen LogP contribution in [0.4, 0.5) is 13.2 Å². The number of carboxylic acids is 1. The molecule has 5 N–H and O–H groups in total. The predicted molar refractivity (Wildman–Crippen MR) is 121 cm³/mol. The Bertz CT molecular complexity index is 1280. The summed E-state index contributed by atoms with van der Waals surface area (Å²) >= 11 is 2.46. The minimum Gasteiger partial charge on any atom is -0.475 e. The van der Waals surface area contributed by atoms with Gasteiger partial charge < -0.3 is 15.9 Å². The monoisotopic (exact) mass is 533 g/mol. The van der Waals surface area contributed by atoms with Crippen LogP contribution in [0.3, 0.4) is 0 Å². The highest BCUT2D eigenvalue weighted by Crippen LogP contribution is 2.37. The number of carbonyl (C=O) groups is 1. The largest absolute Gasteiger partial charge is 0.490 e. The van der Waals surface area contributed by atoms with Crippen molar-refractivity contribution in [2.75, 3.05) is 6.26 Å². The standard InChI is InChI=1S/C18H17N3O3S3.C2HF3O2/c1-25-18-15(10-14(26-18)17(19)20)27(23,24)12-6-4-5-11(9-12)16(22)13-7-2-3-8-21-13;3-2(4,5)1(6)7/h2-10,16,22H,1H3,(H3,19,20);(H,6,7). The quantitative estimate of drug-likeness (QED) is 0.212. The van der Waals surface area contributed by atoms with Gasteiger partial charge in [-0.2, -0.15) is 13.2 Å². The van der Waals surface area contributed by atoms with Gasteiger partial charge in [0, 0.05) is 6.20 Å². The number of nitrogens with zero attached hydrogens (tertiary/aromatic N) is 1. The first-order valence-corrected chi connectivity index (χ1v) is 12.6. The van der Waals surface area contributed by atoms with Crippen LogP contribution < -0.4 is 5.73 Å². The molecule has 14 heteroatoms. The molecule has 0 saturated carbocycles. The zero-order chi connectivity index (χ0) is 25.7. The fraction of sp³-hybridized carbons (Fsp3) is 0.150. The average Bonchev–Trinajstić information content (AvgIpc) is 3.25. The number of hydrogen-bond acceptors (Lipinski definition) is 8. The van der Waals surface area contributed by atoms with E-state index in [-0.39, 0.29) is 15.6 Å². The van der Waals surface area contributed by atoms with Gasteiger partial charge in [0.25, 0.3) is 0 Å². The van der Waals surface area contributed by atoms with Crippen molar-refractivity contribution in [1.82, 2.24) is 4.98 Å². The number of rotatable bonds is 6. The number of nitrogens with one attached hydrogen (secondary N) is 1. The Morgan fingerprint density at radius 1 is 1.21 bits per heavy atom. The molecule has 3 aromatic rings. The van der Waals surface area contributed by atoms with Gasteiger partial charge in [0.05, 0.1) is 24.6 Å². The van der Waals surface area contributed by atoms with E-state index in [0.717, 1.165) is 0 Å². The van der Waals surface area contributed by atoms with Gasteiger partial charge in [0.1, 0.15) is 11.9 Å². The molecule has 1 unspecified atom stereocenters. The number of aromatic nitrogens is 1. The molecule has 3 rings (SSSR count). The highest BCUT2D eigenvalue weighted by atomic mass is 32.2. The van der Waals surface area contributed by atoms with Gasteiger partial charge in [-0.05, 0) is 42.2 Å². The summed E-state index contributed by atoms with van der Waals surface area (Å²) in [4.78, 5) is 13.6. The summed E-state index contributed by atoms with van der Waals surface area (Å²) in [7, 11) is -3.83. The summed E-state index contributed by atoms with van der Waals surface area (Å²) in [5.41, 5.74) is 6.38. The third-order valence-corrected chi connectivity index (χ3v) is 8.44. The van der Waals surface area contributed by atoms with Crippen LogP contribution in [0.25, 0.3) is 0 Å². The minimum absolute atomic E-state index is 0.0678. The molecule has 1 aromatic carbocycles. The molecule has 0 aliphatic carbocycles. The second-order valence-electron chi connectivity index (χ2n) is 6.42. The maximum absolute atomic E-state index is 13.1. The number of halogens is 3. The molecule has 1 atom stereocenters. The van der Waals surface area contributed by atoms with Gasteiger partial charge in [-0.15, -0.1) is 23.1 Å². The van der Waals surface area contributed by atoms with E-state index in [1.807, 2.05) is 0 Å². The summed E-state index contributed by atoms with van der Waals surface area (Å²) in [6, 6.07) is 12.8. The summed E-state index contributed by atoms with van der Waals surface area (Å²) in [5.74, 6) is -2.93. The molecule has 182 valence electrons. The lowest BCUT2D eigenvalue weighted by atomic mass is 10.1. The molecule has 2 aromatic heterocycles. The number of hydrogen-bond donors (Lipinski definition) is 4. The van der Waals surface area contributed by atoms with Crippen LogP contribution in [0.1, 0.15) is 22.2 Å². The Kier molecular flexibility index (Phi) is 8.83. The van der Waals surface area contributed by atoms with Crippen LogP contribution in [0.2, 0.25) is 0 Å². The Morgan fingerprint density at radius 2 is 1.85 bits per heavy atom. The summed E-state index contributed by atoms with van der Waals surface area (Å²) in [5, 5.41) is 25.2. The third-order valence-electron chi connectivity index (χ3n) is 4.10. The lowest BCUT2D eigenvalue weighted by molar-refractivity contribution is -0.192. The maximum Gasteiger partial charge on any atom is 0.490 e. The molecule has 0 amide bonds. The van der Waals surface area contributed by atoms with Crippen molar-refractivity contribution in [3.8, 4) is 0 Å². The first-order valence-electron chi connectivity index (χ1n) is 9.05. The molecular formula is C20H18F3N3O5S3. The number of aliphatic hydroxyl groups is 1. The molecule has 0 fully saturated rings. The number of sulfone groups is 1. The lowest BCUT2D eigenvalue weighted by Crippen LogP contribution is -2.21. The third kappa shape index (κ3) is 6.56. The van der Waals surface area contributed by atoms with Crippen molar-refractivity contribution in [3.63, 3.8) is 0 Å². The Morgan fingerprint density at radius 3 is 2.35 bits per heavy atom. The number of benzene rings is 1. The van der Waals surface area contributed by atoms with E-state index in [0.29, 0.717) is 20.3 Å². The van der Waals surface area contributed by atoms with Crippen LogP contribution in [0.15, 0.2) is 68.7 Å². The number of alkyl halides is 3. The highest BCUT2D eigenvalue weighted by Gasteiger charge is 2.38. The predicted octanol–water partition coefficient (Wildman–Crippen LogP) is 3.70. The van der Waals surface area contributed by atoms with E-state index in [4.69, 9.17) is 21.0 Å². The van der Waals surface area contributed by atoms with E-state index in [9.17, 15) is 26.7 Å². The number of nitrogens with two attached hydrogens (primary N) is 1. The normalized spacial score (nSPS) is 12.4. The van der Waals surface area contributed by atoms with Gasteiger partial charge in [0.2, 0.25) is 9.84 Å². The summed E-state index contributed by atoms with van der Waals surface area (Å²) < 4.78 is 58.6. The number of nitrogen functional groups attached to an aromatic ring is 1. The summed E-state index contributed by atoms with van der Waals surface area (Å²) in [6.07, 6.45) is -2.77. The average molecular weight is 534 g/mol. The number of pyridine rings is 1.